The first-order valence-electron chi connectivity index (χ1n) is 9.91. The highest BCUT2D eigenvalue weighted by Gasteiger charge is 2.14. The number of aryl methyl sites for hydroxylation is 2. The minimum Gasteiger partial charge on any atom is -0.467 e. The van der Waals surface area contributed by atoms with Crippen LogP contribution < -0.4 is 10.0 Å². The lowest BCUT2D eigenvalue weighted by molar-refractivity contribution is -0.115. The van der Waals surface area contributed by atoms with Gasteiger partial charge in [-0.3, -0.25) is 4.79 Å². The zero-order valence-corrected chi connectivity index (χ0v) is 19.1. The molecule has 168 valence electrons. The number of anilines is 1. The van der Waals surface area contributed by atoms with E-state index in [1.807, 2.05) is 42.8 Å². The predicted molar refractivity (Wildman–Crippen MR) is 124 cm³/mol. The van der Waals surface area contributed by atoms with Gasteiger partial charge in [-0.15, -0.1) is 0 Å². The zero-order valence-electron chi connectivity index (χ0n) is 18.3. The number of hydrogen-bond acceptors (Lipinski definition) is 5. The van der Waals surface area contributed by atoms with E-state index in [4.69, 9.17) is 4.42 Å². The van der Waals surface area contributed by atoms with Gasteiger partial charge in [0.15, 0.2) is 0 Å². The highest BCUT2D eigenvalue weighted by molar-refractivity contribution is 7.89. The fourth-order valence-electron chi connectivity index (χ4n) is 3.28. The van der Waals surface area contributed by atoms with Crippen LogP contribution in [0.1, 0.15) is 29.4 Å². The maximum Gasteiger partial charge on any atom is 0.260 e. The van der Waals surface area contributed by atoms with E-state index in [0.717, 1.165) is 34.3 Å². The standard InChI is InChI=1S/C24H25FN2O4S/c1-15-12-22(16(2)10-18(15)11-17(3)24(28)27-32(4,29)30)21-8-7-19(13-23(21)25)26-14-20-6-5-9-31-20/h5-13,26H,14H2,1-4H3,(H,27,28). The second kappa shape index (κ2) is 9.40. The lowest BCUT2D eigenvalue weighted by Gasteiger charge is -2.13. The van der Waals surface area contributed by atoms with Crippen LogP contribution >= 0.6 is 0 Å². The van der Waals surface area contributed by atoms with Crippen LogP contribution in [0, 0.1) is 19.7 Å². The molecule has 1 heterocycles. The summed E-state index contributed by atoms with van der Waals surface area (Å²) in [6.45, 7) is 5.71. The normalized spacial score (nSPS) is 12.0. The van der Waals surface area contributed by atoms with Gasteiger partial charge in [0, 0.05) is 16.8 Å². The van der Waals surface area contributed by atoms with E-state index in [0.29, 0.717) is 17.8 Å². The van der Waals surface area contributed by atoms with Crippen molar-refractivity contribution in [1.82, 2.24) is 4.72 Å². The van der Waals surface area contributed by atoms with Gasteiger partial charge in [0.25, 0.3) is 5.91 Å². The van der Waals surface area contributed by atoms with Gasteiger partial charge in [-0.2, -0.15) is 0 Å². The molecule has 2 aromatic carbocycles. The molecule has 0 aliphatic heterocycles. The van der Waals surface area contributed by atoms with Crippen LogP contribution in [0.15, 0.2) is 58.7 Å². The molecule has 3 aromatic rings. The van der Waals surface area contributed by atoms with Gasteiger partial charge in [-0.1, -0.05) is 12.1 Å². The molecule has 1 amide bonds. The summed E-state index contributed by atoms with van der Waals surface area (Å²) in [6.07, 6.45) is 4.13. The molecule has 0 fully saturated rings. The number of carbonyl (C=O) groups is 1. The molecule has 3 rings (SSSR count). The van der Waals surface area contributed by atoms with E-state index >= 15 is 0 Å². The Labute approximate surface area is 187 Å². The first-order valence-corrected chi connectivity index (χ1v) is 11.8. The summed E-state index contributed by atoms with van der Waals surface area (Å²) in [5.41, 5.74) is 4.52. The van der Waals surface area contributed by atoms with E-state index in [1.165, 1.54) is 13.0 Å². The van der Waals surface area contributed by atoms with Crippen LogP contribution in [0.4, 0.5) is 10.1 Å². The number of benzene rings is 2. The third-order valence-electron chi connectivity index (χ3n) is 4.93. The number of furan rings is 1. The van der Waals surface area contributed by atoms with Gasteiger partial charge in [-0.25, -0.2) is 17.5 Å². The van der Waals surface area contributed by atoms with Gasteiger partial charge in [-0.05, 0) is 79.4 Å². The smallest absolute Gasteiger partial charge is 0.260 e. The lowest BCUT2D eigenvalue weighted by Crippen LogP contribution is -2.29. The Hall–Kier alpha value is -3.39. The summed E-state index contributed by atoms with van der Waals surface area (Å²) in [4.78, 5) is 12.0. The van der Waals surface area contributed by atoms with Crippen molar-refractivity contribution in [1.29, 1.82) is 0 Å². The molecule has 0 saturated heterocycles. The second-order valence-electron chi connectivity index (χ2n) is 7.68. The zero-order chi connectivity index (χ0) is 23.5. The monoisotopic (exact) mass is 456 g/mol. The van der Waals surface area contributed by atoms with Crippen molar-refractivity contribution in [3.8, 4) is 11.1 Å². The Morgan fingerprint density at radius 1 is 1.09 bits per heavy atom. The number of sulfonamides is 1. The van der Waals surface area contributed by atoms with Crippen LogP contribution in [0.2, 0.25) is 0 Å². The Morgan fingerprint density at radius 2 is 1.84 bits per heavy atom. The summed E-state index contributed by atoms with van der Waals surface area (Å²) in [7, 11) is -3.64. The van der Waals surface area contributed by atoms with Gasteiger partial charge in [0.05, 0.1) is 19.1 Å². The molecule has 0 aliphatic rings. The number of nitrogens with one attached hydrogen (secondary N) is 2. The summed E-state index contributed by atoms with van der Waals surface area (Å²) in [5.74, 6) is -0.286. The van der Waals surface area contributed by atoms with Crippen molar-refractivity contribution in [2.75, 3.05) is 11.6 Å². The Bertz CT molecular complexity index is 1280. The van der Waals surface area contributed by atoms with E-state index < -0.39 is 15.9 Å². The van der Waals surface area contributed by atoms with E-state index in [-0.39, 0.29) is 11.4 Å². The average molecular weight is 457 g/mol. The molecular weight excluding hydrogens is 431 g/mol. The Balaban J connectivity index is 1.84. The number of hydrogen-bond donors (Lipinski definition) is 2. The molecular formula is C24H25FN2O4S. The molecule has 0 saturated carbocycles. The minimum atomic E-state index is -3.64. The third kappa shape index (κ3) is 5.85. The van der Waals surface area contributed by atoms with Crippen molar-refractivity contribution >= 4 is 27.7 Å². The minimum absolute atomic E-state index is 0.254. The number of rotatable bonds is 7. The second-order valence-corrected chi connectivity index (χ2v) is 9.43. The third-order valence-corrected chi connectivity index (χ3v) is 5.48. The van der Waals surface area contributed by atoms with Crippen molar-refractivity contribution < 1.29 is 22.0 Å². The number of carbonyl (C=O) groups excluding carboxylic acids is 1. The maximum atomic E-state index is 14.9. The highest BCUT2D eigenvalue weighted by atomic mass is 32.2. The molecule has 2 N–H and O–H groups in total. The summed E-state index contributed by atoms with van der Waals surface area (Å²) in [6, 6.07) is 12.3. The van der Waals surface area contributed by atoms with Gasteiger partial charge in [0.1, 0.15) is 11.6 Å². The SMILES string of the molecule is CC(=Cc1cc(C)c(-c2ccc(NCc3ccco3)cc2F)cc1C)C(=O)NS(C)(=O)=O. The molecule has 0 radical (unpaired) electrons. The van der Waals surface area contributed by atoms with Crippen LogP contribution in [-0.2, 0) is 21.4 Å². The fourth-order valence-corrected chi connectivity index (χ4v) is 3.78. The van der Waals surface area contributed by atoms with Crippen molar-refractivity contribution in [2.45, 2.75) is 27.3 Å². The van der Waals surface area contributed by atoms with Crippen molar-refractivity contribution in [3.63, 3.8) is 0 Å². The fraction of sp³-hybridized carbons (Fsp3) is 0.208. The molecule has 32 heavy (non-hydrogen) atoms. The highest BCUT2D eigenvalue weighted by Crippen LogP contribution is 2.31. The number of amides is 1. The van der Waals surface area contributed by atoms with Crippen LogP contribution in [-0.4, -0.2) is 20.6 Å². The number of halogens is 1. The molecule has 8 heteroatoms. The Kier molecular flexibility index (Phi) is 6.84. The van der Waals surface area contributed by atoms with Crippen LogP contribution in [0.3, 0.4) is 0 Å². The predicted octanol–water partition coefficient (Wildman–Crippen LogP) is 4.79. The van der Waals surface area contributed by atoms with Gasteiger partial charge in [0.2, 0.25) is 10.0 Å². The van der Waals surface area contributed by atoms with E-state index in [2.05, 4.69) is 5.32 Å². The molecule has 1 aromatic heterocycles. The Morgan fingerprint density at radius 3 is 2.47 bits per heavy atom. The van der Waals surface area contributed by atoms with E-state index in [1.54, 1.807) is 24.5 Å². The quantitative estimate of drug-likeness (QED) is 0.499. The van der Waals surface area contributed by atoms with Crippen LogP contribution in [0.5, 0.6) is 0 Å². The summed E-state index contributed by atoms with van der Waals surface area (Å²) < 4.78 is 44.7. The first-order chi connectivity index (χ1) is 15.0. The molecule has 0 spiro atoms. The first kappa shape index (κ1) is 23.3. The molecule has 0 aliphatic carbocycles. The van der Waals surface area contributed by atoms with E-state index in [9.17, 15) is 17.6 Å². The van der Waals surface area contributed by atoms with Crippen LogP contribution in [0.25, 0.3) is 17.2 Å². The van der Waals surface area contributed by atoms with Gasteiger partial charge >= 0.3 is 0 Å². The topological polar surface area (TPSA) is 88.4 Å². The summed E-state index contributed by atoms with van der Waals surface area (Å²) in [5, 5.41) is 3.13. The largest absolute Gasteiger partial charge is 0.467 e. The van der Waals surface area contributed by atoms with Crippen molar-refractivity contribution in [2.24, 2.45) is 0 Å². The molecule has 6 nitrogen and oxygen atoms in total. The van der Waals surface area contributed by atoms with Crippen molar-refractivity contribution in [3.05, 3.63) is 82.6 Å². The molecule has 0 atom stereocenters. The molecule has 0 bridgehead atoms. The average Bonchev–Trinajstić information content (AvgIpc) is 3.21. The lowest BCUT2D eigenvalue weighted by atomic mass is 9.93. The van der Waals surface area contributed by atoms with Gasteiger partial charge < -0.3 is 9.73 Å². The summed E-state index contributed by atoms with van der Waals surface area (Å²) >= 11 is 0. The molecule has 0 unspecified atom stereocenters. The maximum absolute atomic E-state index is 14.9.